The maximum Gasteiger partial charge on any atom is 0.260 e. The lowest BCUT2D eigenvalue weighted by molar-refractivity contribution is -0.127. The number of aliphatic hydroxyl groups excluding tert-OH is 1. The van der Waals surface area contributed by atoms with Gasteiger partial charge in [0.15, 0.2) is 6.10 Å². The molecule has 4 nitrogen and oxygen atoms in total. The molecular weight excluding hydrogens is 230 g/mol. The van der Waals surface area contributed by atoms with Crippen LogP contribution in [0.2, 0.25) is 0 Å². The maximum atomic E-state index is 11.7. The number of nitrogens with one attached hydrogen (secondary N) is 1. The summed E-state index contributed by atoms with van der Waals surface area (Å²) in [5.41, 5.74) is 0.821. The Morgan fingerprint density at radius 2 is 1.72 bits per heavy atom. The second-order valence-corrected chi connectivity index (χ2v) is 4.67. The lowest BCUT2D eigenvalue weighted by Crippen LogP contribution is -2.40. The molecule has 0 heterocycles. The first-order valence-electron chi connectivity index (χ1n) is 6.15. The van der Waals surface area contributed by atoms with Crippen LogP contribution in [-0.2, 0) is 4.79 Å². The smallest absolute Gasteiger partial charge is 0.260 e. The van der Waals surface area contributed by atoms with Crippen molar-refractivity contribution < 1.29 is 14.6 Å². The molecule has 1 rings (SSSR count). The van der Waals surface area contributed by atoms with Crippen LogP contribution in [0.5, 0.6) is 5.75 Å². The van der Waals surface area contributed by atoms with Crippen molar-refractivity contribution >= 4 is 5.91 Å². The summed E-state index contributed by atoms with van der Waals surface area (Å²) in [5, 5.41) is 12.2. The summed E-state index contributed by atoms with van der Waals surface area (Å²) in [6.45, 7) is 7.22. The molecule has 1 unspecified atom stereocenters. The fraction of sp³-hybridized carbons (Fsp3) is 0.500. The average molecular weight is 251 g/mol. The van der Waals surface area contributed by atoms with Crippen molar-refractivity contribution in [1.29, 1.82) is 0 Å². The Morgan fingerprint density at radius 3 is 2.17 bits per heavy atom. The molecule has 1 aromatic carbocycles. The Bertz CT molecular complexity index is 385. The summed E-state index contributed by atoms with van der Waals surface area (Å²) < 4.78 is 5.52. The number of rotatable bonds is 5. The van der Waals surface area contributed by atoms with Crippen molar-refractivity contribution in [3.05, 3.63) is 29.8 Å². The highest BCUT2D eigenvalue weighted by atomic mass is 16.5. The Morgan fingerprint density at radius 1 is 1.17 bits per heavy atom. The van der Waals surface area contributed by atoms with E-state index in [0.717, 1.165) is 5.56 Å². The number of hydrogen-bond donors (Lipinski definition) is 2. The first-order valence-corrected chi connectivity index (χ1v) is 6.15. The van der Waals surface area contributed by atoms with Gasteiger partial charge in [0.05, 0.1) is 6.10 Å². The molecule has 0 saturated carbocycles. The lowest BCUT2D eigenvalue weighted by atomic mass is 10.1. The van der Waals surface area contributed by atoms with Gasteiger partial charge in [-0.25, -0.2) is 0 Å². The summed E-state index contributed by atoms with van der Waals surface area (Å²) in [7, 11) is 0. The Hall–Kier alpha value is -1.55. The van der Waals surface area contributed by atoms with Gasteiger partial charge in [-0.2, -0.15) is 0 Å². The topological polar surface area (TPSA) is 58.6 Å². The van der Waals surface area contributed by atoms with Crippen LogP contribution in [-0.4, -0.2) is 23.2 Å². The van der Waals surface area contributed by atoms with Crippen LogP contribution in [0, 0.1) is 0 Å². The highest BCUT2D eigenvalue weighted by Crippen LogP contribution is 2.18. The van der Waals surface area contributed by atoms with Gasteiger partial charge < -0.3 is 15.2 Å². The van der Waals surface area contributed by atoms with Gasteiger partial charge in [0.2, 0.25) is 0 Å². The molecule has 18 heavy (non-hydrogen) atoms. The number of benzene rings is 1. The van der Waals surface area contributed by atoms with E-state index in [2.05, 4.69) is 5.32 Å². The van der Waals surface area contributed by atoms with Crippen molar-refractivity contribution in [2.45, 2.75) is 45.9 Å². The molecule has 0 bridgehead atoms. The zero-order chi connectivity index (χ0) is 13.7. The fourth-order valence-corrected chi connectivity index (χ4v) is 1.48. The second-order valence-electron chi connectivity index (χ2n) is 4.67. The third-order valence-electron chi connectivity index (χ3n) is 2.48. The molecule has 1 aromatic rings. The molecule has 100 valence electrons. The van der Waals surface area contributed by atoms with E-state index in [1.165, 1.54) is 0 Å². The minimum atomic E-state index is -0.537. The maximum absolute atomic E-state index is 11.7. The first kappa shape index (κ1) is 14.5. The molecule has 0 aliphatic heterocycles. The molecule has 0 aliphatic carbocycles. The zero-order valence-corrected chi connectivity index (χ0v) is 11.3. The van der Waals surface area contributed by atoms with Gasteiger partial charge >= 0.3 is 0 Å². The summed E-state index contributed by atoms with van der Waals surface area (Å²) in [6, 6.07) is 7.17. The number of carbonyl (C=O) groups excluding carboxylic acids is 1. The minimum Gasteiger partial charge on any atom is -0.481 e. The SMILES string of the molecule is CC(C)NC(=O)C(C)Oc1ccc([C@@H](C)O)cc1. The van der Waals surface area contributed by atoms with Crippen molar-refractivity contribution in [2.75, 3.05) is 0 Å². The van der Waals surface area contributed by atoms with Crippen LogP contribution in [0.4, 0.5) is 0 Å². The number of carbonyl (C=O) groups is 1. The molecule has 0 aromatic heterocycles. The van der Waals surface area contributed by atoms with E-state index < -0.39 is 12.2 Å². The monoisotopic (exact) mass is 251 g/mol. The third-order valence-corrected chi connectivity index (χ3v) is 2.48. The summed E-state index contributed by atoms with van der Waals surface area (Å²) >= 11 is 0. The standard InChI is InChI=1S/C14H21NO3/c1-9(2)15-14(17)11(4)18-13-7-5-12(6-8-13)10(3)16/h5-11,16H,1-4H3,(H,15,17)/t10-,11?/m1/s1. The minimum absolute atomic E-state index is 0.0983. The van der Waals surface area contributed by atoms with E-state index in [9.17, 15) is 9.90 Å². The van der Waals surface area contributed by atoms with E-state index in [0.29, 0.717) is 5.75 Å². The van der Waals surface area contributed by atoms with E-state index in [1.807, 2.05) is 13.8 Å². The van der Waals surface area contributed by atoms with Crippen molar-refractivity contribution in [2.24, 2.45) is 0 Å². The van der Waals surface area contributed by atoms with Crippen molar-refractivity contribution in [3.8, 4) is 5.75 Å². The van der Waals surface area contributed by atoms with Crippen LogP contribution >= 0.6 is 0 Å². The number of ether oxygens (including phenoxy) is 1. The molecule has 0 spiro atoms. The van der Waals surface area contributed by atoms with Gasteiger partial charge in [0.1, 0.15) is 5.75 Å². The Labute approximate surface area is 108 Å². The van der Waals surface area contributed by atoms with Gasteiger partial charge in [-0.3, -0.25) is 4.79 Å². The van der Waals surface area contributed by atoms with Crippen LogP contribution in [0.1, 0.15) is 39.4 Å². The number of amides is 1. The predicted octanol–water partition coefficient (Wildman–Crippen LogP) is 2.03. The Balaban J connectivity index is 2.59. The zero-order valence-electron chi connectivity index (χ0n) is 11.3. The first-order chi connectivity index (χ1) is 8.40. The quantitative estimate of drug-likeness (QED) is 0.842. The van der Waals surface area contributed by atoms with Gasteiger partial charge in [0.25, 0.3) is 5.91 Å². The van der Waals surface area contributed by atoms with E-state index in [1.54, 1.807) is 38.1 Å². The number of hydrogen-bond acceptors (Lipinski definition) is 3. The van der Waals surface area contributed by atoms with Gasteiger partial charge in [-0.05, 0) is 45.4 Å². The van der Waals surface area contributed by atoms with Gasteiger partial charge in [-0.15, -0.1) is 0 Å². The molecule has 2 atom stereocenters. The molecule has 0 fully saturated rings. The molecule has 4 heteroatoms. The predicted molar refractivity (Wildman–Crippen MR) is 70.4 cm³/mol. The molecule has 0 radical (unpaired) electrons. The van der Waals surface area contributed by atoms with Gasteiger partial charge in [-0.1, -0.05) is 12.1 Å². The second kappa shape index (κ2) is 6.40. The normalized spacial score (nSPS) is 14.1. The van der Waals surface area contributed by atoms with Crippen LogP contribution in [0.25, 0.3) is 0 Å². The summed E-state index contributed by atoms with van der Waals surface area (Å²) in [6.07, 6.45) is -1.04. The third kappa shape index (κ3) is 4.37. The molecule has 1 amide bonds. The molecule has 2 N–H and O–H groups in total. The van der Waals surface area contributed by atoms with E-state index in [4.69, 9.17) is 4.74 Å². The fourth-order valence-electron chi connectivity index (χ4n) is 1.48. The van der Waals surface area contributed by atoms with Crippen molar-refractivity contribution in [3.63, 3.8) is 0 Å². The number of aliphatic hydroxyl groups is 1. The highest BCUT2D eigenvalue weighted by molar-refractivity contribution is 5.80. The molecular formula is C14H21NO3. The van der Waals surface area contributed by atoms with Crippen LogP contribution < -0.4 is 10.1 Å². The van der Waals surface area contributed by atoms with Crippen molar-refractivity contribution in [1.82, 2.24) is 5.32 Å². The molecule has 0 aliphatic rings. The van der Waals surface area contributed by atoms with Crippen LogP contribution in [0.3, 0.4) is 0 Å². The summed E-state index contributed by atoms with van der Waals surface area (Å²) in [4.78, 5) is 11.7. The van der Waals surface area contributed by atoms with E-state index in [-0.39, 0.29) is 11.9 Å². The summed E-state index contributed by atoms with van der Waals surface area (Å²) in [5.74, 6) is 0.482. The largest absolute Gasteiger partial charge is 0.481 e. The molecule has 0 saturated heterocycles. The van der Waals surface area contributed by atoms with Gasteiger partial charge in [0, 0.05) is 6.04 Å². The Kier molecular flexibility index (Phi) is 5.16. The van der Waals surface area contributed by atoms with E-state index >= 15 is 0 Å². The lowest BCUT2D eigenvalue weighted by Gasteiger charge is -2.16. The highest BCUT2D eigenvalue weighted by Gasteiger charge is 2.15. The average Bonchev–Trinajstić information content (AvgIpc) is 2.28. The van der Waals surface area contributed by atoms with Crippen LogP contribution in [0.15, 0.2) is 24.3 Å².